The smallest absolute Gasteiger partial charge is 0.224 e. The van der Waals surface area contributed by atoms with Gasteiger partial charge >= 0.3 is 0 Å². The quantitative estimate of drug-likeness (QED) is 0.718. The summed E-state index contributed by atoms with van der Waals surface area (Å²) in [6, 6.07) is 15.0. The molecular formula is C16H13ClN4O. The number of nitrogens with zero attached hydrogens (tertiary/aromatic N) is 2. The monoisotopic (exact) mass is 312 g/mol. The average Bonchev–Trinajstić information content (AvgIpc) is 2.48. The third-order valence-electron chi connectivity index (χ3n) is 3.04. The first-order valence-electron chi connectivity index (χ1n) is 6.69. The molecule has 0 fully saturated rings. The molecule has 2 N–H and O–H groups in total. The first-order valence-corrected chi connectivity index (χ1v) is 7.06. The minimum Gasteiger partial charge on any atom is -0.340 e. The van der Waals surface area contributed by atoms with Crippen LogP contribution in [-0.2, 0) is 4.79 Å². The van der Waals surface area contributed by atoms with Crippen molar-refractivity contribution in [1.29, 1.82) is 0 Å². The van der Waals surface area contributed by atoms with E-state index < -0.39 is 0 Å². The minimum absolute atomic E-state index is 0.103. The highest BCUT2D eigenvalue weighted by Crippen LogP contribution is 2.25. The number of amides is 1. The molecule has 1 aromatic heterocycles. The normalized spacial score (nSPS) is 10.5. The molecule has 0 aliphatic rings. The summed E-state index contributed by atoms with van der Waals surface area (Å²) < 4.78 is 0. The molecule has 1 amide bonds. The largest absolute Gasteiger partial charge is 0.340 e. The van der Waals surface area contributed by atoms with Gasteiger partial charge in [0.15, 0.2) is 0 Å². The number of halogens is 1. The van der Waals surface area contributed by atoms with Gasteiger partial charge in [0.1, 0.15) is 5.82 Å². The van der Waals surface area contributed by atoms with Gasteiger partial charge in [-0.3, -0.25) is 4.79 Å². The van der Waals surface area contributed by atoms with E-state index in [0.29, 0.717) is 5.82 Å². The summed E-state index contributed by atoms with van der Waals surface area (Å²) >= 11 is 5.96. The van der Waals surface area contributed by atoms with Crippen LogP contribution in [0.5, 0.6) is 0 Å². The molecule has 0 radical (unpaired) electrons. The second-order valence-electron chi connectivity index (χ2n) is 4.74. The number of anilines is 3. The molecule has 110 valence electrons. The number of carbonyl (C=O) groups excluding carboxylic acids is 1. The molecular weight excluding hydrogens is 300 g/mol. The molecule has 6 heteroatoms. The van der Waals surface area contributed by atoms with Crippen molar-refractivity contribution < 1.29 is 4.79 Å². The molecule has 0 saturated heterocycles. The zero-order chi connectivity index (χ0) is 15.5. The third kappa shape index (κ3) is 3.15. The van der Waals surface area contributed by atoms with Gasteiger partial charge in [-0.2, -0.15) is 4.98 Å². The van der Waals surface area contributed by atoms with Crippen LogP contribution in [0.3, 0.4) is 0 Å². The fourth-order valence-corrected chi connectivity index (χ4v) is 2.30. The van der Waals surface area contributed by atoms with Crippen molar-refractivity contribution >= 4 is 45.6 Å². The van der Waals surface area contributed by atoms with E-state index in [1.807, 2.05) is 48.5 Å². The second kappa shape index (κ2) is 5.99. The summed E-state index contributed by atoms with van der Waals surface area (Å²) in [4.78, 5) is 19.4. The van der Waals surface area contributed by atoms with Crippen LogP contribution in [-0.4, -0.2) is 15.9 Å². The molecule has 0 saturated carbocycles. The number of fused-ring (bicyclic) bond motifs is 1. The van der Waals surface area contributed by atoms with Crippen LogP contribution in [0.2, 0.25) is 5.28 Å². The van der Waals surface area contributed by atoms with Gasteiger partial charge in [-0.1, -0.05) is 12.1 Å². The number of benzene rings is 2. The van der Waals surface area contributed by atoms with E-state index in [1.165, 1.54) is 6.92 Å². The Kier molecular flexibility index (Phi) is 3.89. The predicted molar refractivity (Wildman–Crippen MR) is 88.6 cm³/mol. The molecule has 3 aromatic rings. The summed E-state index contributed by atoms with van der Waals surface area (Å²) in [5.74, 6) is 0.539. The molecule has 2 aromatic carbocycles. The molecule has 3 rings (SSSR count). The highest BCUT2D eigenvalue weighted by molar-refractivity contribution is 6.28. The van der Waals surface area contributed by atoms with Gasteiger partial charge in [0.2, 0.25) is 11.2 Å². The van der Waals surface area contributed by atoms with Gasteiger partial charge in [-0.05, 0) is 48.0 Å². The molecule has 0 aliphatic carbocycles. The number of nitrogens with one attached hydrogen (secondary N) is 2. The van der Waals surface area contributed by atoms with Crippen molar-refractivity contribution in [2.45, 2.75) is 6.92 Å². The zero-order valence-electron chi connectivity index (χ0n) is 11.8. The van der Waals surface area contributed by atoms with Crippen molar-refractivity contribution in [3.63, 3.8) is 0 Å². The summed E-state index contributed by atoms with van der Waals surface area (Å²) in [5, 5.41) is 7.02. The Morgan fingerprint density at radius 1 is 1.00 bits per heavy atom. The zero-order valence-corrected chi connectivity index (χ0v) is 12.6. The summed E-state index contributed by atoms with van der Waals surface area (Å²) in [5.41, 5.74) is 2.36. The first-order chi connectivity index (χ1) is 10.6. The van der Waals surface area contributed by atoms with Crippen molar-refractivity contribution in [2.75, 3.05) is 10.6 Å². The lowest BCUT2D eigenvalue weighted by molar-refractivity contribution is -0.114. The van der Waals surface area contributed by atoms with Crippen molar-refractivity contribution in [3.8, 4) is 0 Å². The fourth-order valence-electron chi connectivity index (χ4n) is 2.12. The molecule has 5 nitrogen and oxygen atoms in total. The SMILES string of the molecule is CC(=O)Nc1ccc(Nc2nc(Cl)nc3ccccc23)cc1. The van der Waals surface area contributed by atoms with Gasteiger partial charge in [0.05, 0.1) is 5.52 Å². The summed E-state index contributed by atoms with van der Waals surface area (Å²) in [6.07, 6.45) is 0. The maximum Gasteiger partial charge on any atom is 0.224 e. The lowest BCUT2D eigenvalue weighted by atomic mass is 10.2. The molecule has 0 aliphatic heterocycles. The molecule has 22 heavy (non-hydrogen) atoms. The number of hydrogen-bond donors (Lipinski definition) is 2. The van der Waals surface area contributed by atoms with Gasteiger partial charge in [-0.15, -0.1) is 0 Å². The topological polar surface area (TPSA) is 66.9 Å². The van der Waals surface area contributed by atoms with E-state index in [2.05, 4.69) is 20.6 Å². The Labute approximate surface area is 132 Å². The Balaban J connectivity index is 1.91. The Morgan fingerprint density at radius 2 is 1.68 bits per heavy atom. The third-order valence-corrected chi connectivity index (χ3v) is 3.21. The van der Waals surface area contributed by atoms with Gasteiger partial charge in [0, 0.05) is 23.7 Å². The number of carbonyl (C=O) groups is 1. The van der Waals surface area contributed by atoms with Crippen LogP contribution in [0.1, 0.15) is 6.92 Å². The predicted octanol–water partition coefficient (Wildman–Crippen LogP) is 3.99. The summed E-state index contributed by atoms with van der Waals surface area (Å²) in [6.45, 7) is 1.47. The fraction of sp³-hybridized carbons (Fsp3) is 0.0625. The molecule has 0 bridgehead atoms. The van der Waals surface area contributed by atoms with E-state index in [4.69, 9.17) is 11.6 Å². The molecule has 0 atom stereocenters. The molecule has 1 heterocycles. The number of rotatable bonds is 3. The van der Waals surface area contributed by atoms with Crippen molar-refractivity contribution in [1.82, 2.24) is 9.97 Å². The van der Waals surface area contributed by atoms with Crippen molar-refractivity contribution in [3.05, 3.63) is 53.8 Å². The average molecular weight is 313 g/mol. The molecule has 0 unspecified atom stereocenters. The van der Waals surface area contributed by atoms with E-state index >= 15 is 0 Å². The van der Waals surface area contributed by atoms with Crippen LogP contribution in [0.4, 0.5) is 17.2 Å². The number of aromatic nitrogens is 2. The Hall–Kier alpha value is -2.66. The second-order valence-corrected chi connectivity index (χ2v) is 5.08. The van der Waals surface area contributed by atoms with E-state index in [1.54, 1.807) is 0 Å². The first kappa shape index (κ1) is 14.3. The van der Waals surface area contributed by atoms with Gasteiger partial charge in [-0.25, -0.2) is 4.98 Å². The lowest BCUT2D eigenvalue weighted by Crippen LogP contribution is -2.05. The Morgan fingerprint density at radius 3 is 2.41 bits per heavy atom. The van der Waals surface area contributed by atoms with E-state index in [9.17, 15) is 4.79 Å². The van der Waals surface area contributed by atoms with Crippen molar-refractivity contribution in [2.24, 2.45) is 0 Å². The lowest BCUT2D eigenvalue weighted by Gasteiger charge is -2.10. The molecule has 0 spiro atoms. The number of hydrogen-bond acceptors (Lipinski definition) is 4. The highest BCUT2D eigenvalue weighted by Gasteiger charge is 2.06. The maximum atomic E-state index is 11.0. The maximum absolute atomic E-state index is 11.0. The highest BCUT2D eigenvalue weighted by atomic mass is 35.5. The number of para-hydroxylation sites is 1. The standard InChI is InChI=1S/C16H13ClN4O/c1-10(22)18-11-6-8-12(9-7-11)19-15-13-4-2-3-5-14(13)20-16(17)21-15/h2-9H,1H3,(H,18,22)(H,19,20,21). The van der Waals surface area contributed by atoms with Crippen LogP contribution in [0.15, 0.2) is 48.5 Å². The van der Waals surface area contributed by atoms with Gasteiger partial charge < -0.3 is 10.6 Å². The Bertz CT molecular complexity index is 833. The van der Waals surface area contributed by atoms with Crippen LogP contribution in [0.25, 0.3) is 10.9 Å². The van der Waals surface area contributed by atoms with Crippen LogP contribution < -0.4 is 10.6 Å². The van der Waals surface area contributed by atoms with Crippen LogP contribution >= 0.6 is 11.6 Å². The van der Waals surface area contributed by atoms with E-state index in [0.717, 1.165) is 22.3 Å². The van der Waals surface area contributed by atoms with E-state index in [-0.39, 0.29) is 11.2 Å². The van der Waals surface area contributed by atoms with Crippen LogP contribution in [0, 0.1) is 0 Å². The minimum atomic E-state index is -0.103. The summed E-state index contributed by atoms with van der Waals surface area (Å²) in [7, 11) is 0. The van der Waals surface area contributed by atoms with Gasteiger partial charge in [0.25, 0.3) is 0 Å².